The molecule has 0 aromatic heterocycles. The maximum Gasteiger partial charge on any atom is 0.336 e. The van der Waals surface area contributed by atoms with Crippen LogP contribution in [0.1, 0.15) is 19.8 Å². The molecule has 1 aliphatic rings. The lowest BCUT2D eigenvalue weighted by atomic mass is 10.0. The van der Waals surface area contributed by atoms with E-state index in [1.165, 1.54) is 0 Å². The number of aliphatic hydroxyl groups is 1. The first-order valence-corrected chi connectivity index (χ1v) is 5.75. The maximum absolute atomic E-state index is 11.1. The SMILES string of the molecule is CC1CC(OCCCO)(C(=O)O)CS1. The number of thioether (sulfide) groups is 1. The number of rotatable bonds is 5. The minimum Gasteiger partial charge on any atom is -0.479 e. The predicted molar refractivity (Wildman–Crippen MR) is 54.6 cm³/mol. The minimum absolute atomic E-state index is 0.0401. The van der Waals surface area contributed by atoms with Crippen LogP contribution in [0.3, 0.4) is 0 Å². The lowest BCUT2D eigenvalue weighted by Crippen LogP contribution is -2.42. The average molecular weight is 220 g/mol. The molecule has 0 aliphatic carbocycles. The third-order valence-electron chi connectivity index (χ3n) is 2.29. The van der Waals surface area contributed by atoms with Crippen molar-refractivity contribution in [1.82, 2.24) is 0 Å². The number of carbonyl (C=O) groups is 1. The van der Waals surface area contributed by atoms with Gasteiger partial charge in [-0.05, 0) is 12.8 Å². The molecule has 82 valence electrons. The number of carboxylic acids is 1. The summed E-state index contributed by atoms with van der Waals surface area (Å²) in [4.78, 5) is 11.1. The second kappa shape index (κ2) is 5.00. The highest BCUT2D eigenvalue weighted by molar-refractivity contribution is 8.00. The minimum atomic E-state index is -1.01. The van der Waals surface area contributed by atoms with E-state index < -0.39 is 11.6 Å². The number of hydrogen-bond acceptors (Lipinski definition) is 4. The molecular formula is C9H16O4S. The topological polar surface area (TPSA) is 66.8 Å². The van der Waals surface area contributed by atoms with Crippen LogP contribution in [-0.4, -0.2) is 46.0 Å². The van der Waals surface area contributed by atoms with Gasteiger partial charge in [-0.2, -0.15) is 11.8 Å². The fourth-order valence-corrected chi connectivity index (χ4v) is 2.77. The van der Waals surface area contributed by atoms with E-state index in [1.807, 2.05) is 6.92 Å². The Balaban J connectivity index is 2.50. The molecule has 1 heterocycles. The van der Waals surface area contributed by atoms with Crippen molar-refractivity contribution >= 4 is 17.7 Å². The van der Waals surface area contributed by atoms with Crippen molar-refractivity contribution in [3.05, 3.63) is 0 Å². The van der Waals surface area contributed by atoms with Gasteiger partial charge in [0.05, 0.1) is 6.61 Å². The summed E-state index contributed by atoms with van der Waals surface area (Å²) in [5, 5.41) is 18.0. The van der Waals surface area contributed by atoms with Gasteiger partial charge in [-0.1, -0.05) is 6.92 Å². The fourth-order valence-electron chi connectivity index (χ4n) is 1.50. The molecule has 0 spiro atoms. The standard InChI is InChI=1S/C9H16O4S/c1-7-5-9(6-14-7,8(11)12)13-4-2-3-10/h7,10H,2-6H2,1H3,(H,11,12). The van der Waals surface area contributed by atoms with Crippen molar-refractivity contribution in [2.75, 3.05) is 19.0 Å². The smallest absolute Gasteiger partial charge is 0.336 e. The molecule has 0 aromatic carbocycles. The Hall–Kier alpha value is -0.260. The van der Waals surface area contributed by atoms with Crippen LogP contribution in [0.25, 0.3) is 0 Å². The number of ether oxygens (including phenoxy) is 1. The number of aliphatic carboxylic acids is 1. The Labute approximate surface area is 87.6 Å². The van der Waals surface area contributed by atoms with Crippen molar-refractivity contribution in [3.63, 3.8) is 0 Å². The van der Waals surface area contributed by atoms with Gasteiger partial charge >= 0.3 is 5.97 Å². The van der Waals surface area contributed by atoms with Gasteiger partial charge in [0.25, 0.3) is 0 Å². The molecule has 2 atom stereocenters. The molecule has 2 N–H and O–H groups in total. The Morgan fingerprint density at radius 1 is 1.71 bits per heavy atom. The van der Waals surface area contributed by atoms with Crippen LogP contribution in [0.4, 0.5) is 0 Å². The summed E-state index contributed by atoms with van der Waals surface area (Å²) >= 11 is 1.62. The Kier molecular flexibility index (Phi) is 4.22. The van der Waals surface area contributed by atoms with Gasteiger partial charge in [-0.3, -0.25) is 0 Å². The van der Waals surface area contributed by atoms with Crippen LogP contribution in [0.5, 0.6) is 0 Å². The Morgan fingerprint density at radius 3 is 2.86 bits per heavy atom. The molecule has 4 nitrogen and oxygen atoms in total. The predicted octanol–water partition coefficient (Wildman–Crippen LogP) is 0.734. The summed E-state index contributed by atoms with van der Waals surface area (Å²) in [5.74, 6) is -0.373. The molecular weight excluding hydrogens is 204 g/mol. The van der Waals surface area contributed by atoms with Crippen LogP contribution in [0.2, 0.25) is 0 Å². The van der Waals surface area contributed by atoms with E-state index in [-0.39, 0.29) is 6.61 Å². The monoisotopic (exact) mass is 220 g/mol. The van der Waals surface area contributed by atoms with Gasteiger partial charge in [0.2, 0.25) is 0 Å². The number of hydrogen-bond donors (Lipinski definition) is 2. The van der Waals surface area contributed by atoms with Crippen molar-refractivity contribution in [1.29, 1.82) is 0 Å². The molecule has 1 saturated heterocycles. The van der Waals surface area contributed by atoms with E-state index in [9.17, 15) is 4.79 Å². The number of carboxylic acid groups (broad SMARTS) is 1. The van der Waals surface area contributed by atoms with Gasteiger partial charge in [0.15, 0.2) is 5.60 Å². The Bertz CT molecular complexity index is 209. The summed E-state index contributed by atoms with van der Waals surface area (Å²) in [6.45, 7) is 2.36. The summed E-state index contributed by atoms with van der Waals surface area (Å²) < 4.78 is 5.38. The quantitative estimate of drug-likeness (QED) is 0.669. The first-order valence-electron chi connectivity index (χ1n) is 4.70. The second-order valence-corrected chi connectivity index (χ2v) is 4.98. The zero-order chi connectivity index (χ0) is 10.6. The van der Waals surface area contributed by atoms with Crippen molar-refractivity contribution in [2.45, 2.75) is 30.6 Å². The fraction of sp³-hybridized carbons (Fsp3) is 0.889. The van der Waals surface area contributed by atoms with Crippen molar-refractivity contribution in [3.8, 4) is 0 Å². The molecule has 2 unspecified atom stereocenters. The van der Waals surface area contributed by atoms with E-state index in [2.05, 4.69) is 0 Å². The molecule has 0 amide bonds. The highest BCUT2D eigenvalue weighted by atomic mass is 32.2. The van der Waals surface area contributed by atoms with Crippen LogP contribution < -0.4 is 0 Å². The first-order chi connectivity index (χ1) is 6.60. The average Bonchev–Trinajstić information content (AvgIpc) is 2.49. The molecule has 1 fully saturated rings. The van der Waals surface area contributed by atoms with Crippen LogP contribution in [0.15, 0.2) is 0 Å². The molecule has 0 radical (unpaired) electrons. The van der Waals surface area contributed by atoms with Crippen LogP contribution >= 0.6 is 11.8 Å². The van der Waals surface area contributed by atoms with E-state index in [1.54, 1.807) is 11.8 Å². The molecule has 0 bridgehead atoms. The van der Waals surface area contributed by atoms with Crippen molar-refractivity contribution < 1.29 is 19.7 Å². The third-order valence-corrected chi connectivity index (χ3v) is 3.66. The van der Waals surface area contributed by atoms with Gasteiger partial charge < -0.3 is 14.9 Å². The maximum atomic E-state index is 11.1. The Morgan fingerprint density at radius 2 is 2.43 bits per heavy atom. The van der Waals surface area contributed by atoms with Crippen LogP contribution in [0, 0.1) is 0 Å². The zero-order valence-electron chi connectivity index (χ0n) is 8.23. The summed E-state index contributed by atoms with van der Waals surface area (Å²) in [7, 11) is 0. The summed E-state index contributed by atoms with van der Waals surface area (Å²) in [6, 6.07) is 0. The van der Waals surface area contributed by atoms with Gasteiger partial charge in [0, 0.05) is 17.6 Å². The molecule has 14 heavy (non-hydrogen) atoms. The second-order valence-electron chi connectivity index (χ2n) is 3.55. The van der Waals surface area contributed by atoms with E-state index in [4.69, 9.17) is 14.9 Å². The molecule has 0 saturated carbocycles. The third kappa shape index (κ3) is 2.62. The normalized spacial score (nSPS) is 32.0. The first kappa shape index (κ1) is 11.8. The molecule has 5 heteroatoms. The van der Waals surface area contributed by atoms with Gasteiger partial charge in [-0.15, -0.1) is 0 Å². The van der Waals surface area contributed by atoms with E-state index >= 15 is 0 Å². The zero-order valence-corrected chi connectivity index (χ0v) is 9.05. The molecule has 1 aliphatic heterocycles. The molecule has 0 aromatic rings. The van der Waals surface area contributed by atoms with Crippen molar-refractivity contribution in [2.24, 2.45) is 0 Å². The highest BCUT2D eigenvalue weighted by Gasteiger charge is 2.45. The lowest BCUT2D eigenvalue weighted by Gasteiger charge is -2.23. The number of aliphatic hydroxyl groups excluding tert-OH is 1. The van der Waals surface area contributed by atoms with Gasteiger partial charge in [0.1, 0.15) is 0 Å². The lowest BCUT2D eigenvalue weighted by molar-refractivity contribution is -0.163. The van der Waals surface area contributed by atoms with Crippen LogP contribution in [-0.2, 0) is 9.53 Å². The summed E-state index contributed by atoms with van der Waals surface area (Å²) in [6.07, 6.45) is 1.05. The van der Waals surface area contributed by atoms with Gasteiger partial charge in [-0.25, -0.2) is 4.79 Å². The summed E-state index contributed by atoms with van der Waals surface area (Å²) in [5.41, 5.74) is -1.01. The largest absolute Gasteiger partial charge is 0.479 e. The molecule has 1 rings (SSSR count). The van der Waals surface area contributed by atoms with E-state index in [0.717, 1.165) is 0 Å². The highest BCUT2D eigenvalue weighted by Crippen LogP contribution is 2.37. The van der Waals surface area contributed by atoms with E-state index in [0.29, 0.717) is 30.5 Å².